The Bertz CT molecular complexity index is 3140. The number of benzene rings is 6. The highest BCUT2D eigenvalue weighted by Crippen LogP contribution is 2.43. The second kappa shape index (κ2) is 10.7. The first kappa shape index (κ1) is 27.8. The molecule has 0 bridgehead atoms. The predicted molar refractivity (Wildman–Crippen MR) is 206 cm³/mol. The third-order valence-corrected chi connectivity index (χ3v) is 10.00. The van der Waals surface area contributed by atoms with E-state index in [2.05, 4.69) is 129 Å². The van der Waals surface area contributed by atoms with Crippen molar-refractivity contribution in [2.24, 2.45) is 0 Å². The Hall–Kier alpha value is -7.12. The summed E-state index contributed by atoms with van der Waals surface area (Å²) in [5.74, 6) is 1.17. The largest absolute Gasteiger partial charge is 0.308 e. The van der Waals surface area contributed by atoms with E-state index in [0.717, 1.165) is 61.2 Å². The first-order chi connectivity index (χ1) is 25.3. The van der Waals surface area contributed by atoms with Gasteiger partial charge in [-0.25, -0.2) is 4.98 Å². The monoisotopic (exact) mass is 653 g/mol. The number of fused-ring (bicyclic) bond motifs is 10. The van der Waals surface area contributed by atoms with Gasteiger partial charge in [-0.3, -0.25) is 4.98 Å². The van der Waals surface area contributed by atoms with Crippen molar-refractivity contribution in [3.8, 4) is 34.0 Å². The maximum Gasteiger partial charge on any atom is 0.253 e. The molecule has 51 heavy (non-hydrogen) atoms. The molecule has 11 aromatic rings. The van der Waals surface area contributed by atoms with Gasteiger partial charge < -0.3 is 9.13 Å². The Kier molecular flexibility index (Phi) is 5.83. The summed E-state index contributed by atoms with van der Waals surface area (Å²) >= 11 is 0. The highest BCUT2D eigenvalue weighted by molar-refractivity contribution is 6.26. The molecule has 6 aromatic carbocycles. The zero-order valence-corrected chi connectivity index (χ0v) is 27.2. The van der Waals surface area contributed by atoms with Crippen LogP contribution in [0.3, 0.4) is 0 Å². The van der Waals surface area contributed by atoms with Crippen molar-refractivity contribution in [1.82, 2.24) is 33.7 Å². The van der Waals surface area contributed by atoms with Crippen LogP contribution in [0.2, 0.25) is 0 Å². The molecule has 0 saturated carbocycles. The third-order valence-electron chi connectivity index (χ3n) is 10.00. The maximum absolute atomic E-state index is 5.15. The summed E-state index contributed by atoms with van der Waals surface area (Å²) < 4.78 is 6.59. The average Bonchev–Trinajstić information content (AvgIpc) is 3.88. The quantitative estimate of drug-likeness (QED) is 0.190. The molecule has 0 aliphatic heterocycles. The topological polar surface area (TPSA) is 65.8 Å². The van der Waals surface area contributed by atoms with Crippen LogP contribution in [-0.2, 0) is 0 Å². The molecule has 0 aliphatic rings. The normalized spacial score (nSPS) is 11.9. The predicted octanol–water partition coefficient (Wildman–Crippen LogP) is 10.2. The summed E-state index contributed by atoms with van der Waals surface area (Å²) in [5, 5.41) is 10.9. The molecular formula is C44H27N7. The number of aromatic nitrogens is 7. The SMILES string of the molecule is c1ccc(-c2nc3nc(-c4ccccc4-n4c5ccccc5c5ccc6c(c7ccccc7n6-c6cccnc6)c54)nn3c3ccccc23)cc1. The molecule has 5 aromatic heterocycles. The number of nitrogens with zero attached hydrogens (tertiary/aromatic N) is 7. The van der Waals surface area contributed by atoms with E-state index >= 15 is 0 Å². The van der Waals surface area contributed by atoms with Gasteiger partial charge in [0.25, 0.3) is 5.78 Å². The summed E-state index contributed by atoms with van der Waals surface area (Å²) in [6.07, 6.45) is 3.75. The lowest BCUT2D eigenvalue weighted by atomic mass is 10.1. The van der Waals surface area contributed by atoms with Gasteiger partial charge >= 0.3 is 0 Å². The number of rotatable bonds is 4. The Morgan fingerprint density at radius 1 is 0.471 bits per heavy atom. The van der Waals surface area contributed by atoms with Crippen molar-refractivity contribution in [1.29, 1.82) is 0 Å². The van der Waals surface area contributed by atoms with Gasteiger partial charge in [0, 0.05) is 44.3 Å². The fourth-order valence-electron chi connectivity index (χ4n) is 7.87. The minimum atomic E-state index is 0.557. The summed E-state index contributed by atoms with van der Waals surface area (Å²) in [5.41, 5.74) is 10.3. The van der Waals surface area contributed by atoms with Gasteiger partial charge in [-0.1, -0.05) is 103 Å². The molecule has 7 nitrogen and oxygen atoms in total. The molecule has 0 saturated heterocycles. The van der Waals surface area contributed by atoms with E-state index in [-0.39, 0.29) is 0 Å². The maximum atomic E-state index is 5.15. The second-order valence-electron chi connectivity index (χ2n) is 12.8. The molecule has 0 unspecified atom stereocenters. The van der Waals surface area contributed by atoms with Crippen molar-refractivity contribution in [3.63, 3.8) is 0 Å². The molecule has 7 heteroatoms. The lowest BCUT2D eigenvalue weighted by Crippen LogP contribution is -1.99. The van der Waals surface area contributed by atoms with Crippen LogP contribution in [0.5, 0.6) is 0 Å². The van der Waals surface area contributed by atoms with Gasteiger partial charge in [-0.15, -0.1) is 5.10 Å². The van der Waals surface area contributed by atoms with Crippen molar-refractivity contribution >= 4 is 60.3 Å². The first-order valence-electron chi connectivity index (χ1n) is 17.0. The molecule has 11 rings (SSSR count). The average molecular weight is 654 g/mol. The Morgan fingerprint density at radius 3 is 2.00 bits per heavy atom. The summed E-state index contributed by atoms with van der Waals surface area (Å²) in [7, 11) is 0. The van der Waals surface area contributed by atoms with Gasteiger partial charge in [0.05, 0.1) is 50.8 Å². The molecule has 0 fully saturated rings. The van der Waals surface area contributed by atoms with Gasteiger partial charge in [0.2, 0.25) is 0 Å². The molecule has 0 N–H and O–H groups in total. The molecule has 0 radical (unpaired) electrons. The molecule has 0 spiro atoms. The second-order valence-corrected chi connectivity index (χ2v) is 12.8. The number of hydrogen-bond donors (Lipinski definition) is 0. The van der Waals surface area contributed by atoms with Gasteiger partial charge in [0.15, 0.2) is 5.82 Å². The lowest BCUT2D eigenvalue weighted by molar-refractivity contribution is 0.987. The molecule has 0 amide bonds. The van der Waals surface area contributed by atoms with Crippen LogP contribution in [0, 0.1) is 0 Å². The number of pyridine rings is 1. The van der Waals surface area contributed by atoms with Gasteiger partial charge in [-0.2, -0.15) is 9.50 Å². The van der Waals surface area contributed by atoms with Crippen molar-refractivity contribution in [2.45, 2.75) is 0 Å². The summed E-state index contributed by atoms with van der Waals surface area (Å²) in [6, 6.07) is 52.9. The van der Waals surface area contributed by atoms with E-state index < -0.39 is 0 Å². The molecule has 238 valence electrons. The highest BCUT2D eigenvalue weighted by Gasteiger charge is 2.23. The minimum absolute atomic E-state index is 0.557. The number of para-hydroxylation sites is 4. The van der Waals surface area contributed by atoms with E-state index in [1.54, 1.807) is 0 Å². The van der Waals surface area contributed by atoms with Crippen LogP contribution in [-0.4, -0.2) is 33.7 Å². The summed E-state index contributed by atoms with van der Waals surface area (Å²) in [6.45, 7) is 0. The van der Waals surface area contributed by atoms with Gasteiger partial charge in [-0.05, 0) is 48.5 Å². The molecule has 0 atom stereocenters. The fraction of sp³-hybridized carbons (Fsp3) is 0. The summed E-state index contributed by atoms with van der Waals surface area (Å²) in [4.78, 5) is 14.7. The van der Waals surface area contributed by atoms with E-state index in [9.17, 15) is 0 Å². The minimum Gasteiger partial charge on any atom is -0.308 e. The van der Waals surface area contributed by atoms with Crippen LogP contribution in [0.1, 0.15) is 0 Å². The zero-order chi connectivity index (χ0) is 33.5. The van der Waals surface area contributed by atoms with E-state index in [4.69, 9.17) is 15.1 Å². The van der Waals surface area contributed by atoms with E-state index in [1.807, 2.05) is 53.3 Å². The van der Waals surface area contributed by atoms with E-state index in [0.29, 0.717) is 11.6 Å². The van der Waals surface area contributed by atoms with Crippen LogP contribution in [0.4, 0.5) is 0 Å². The highest BCUT2D eigenvalue weighted by atomic mass is 15.3. The van der Waals surface area contributed by atoms with Crippen LogP contribution >= 0.6 is 0 Å². The van der Waals surface area contributed by atoms with Crippen LogP contribution in [0.15, 0.2) is 164 Å². The standard InChI is InChI=1S/C44H27N7/c1-2-13-28(14-3-1)41-33-18-6-11-23-38(33)51-44(46-41)47-43(48-51)34-19-7-10-22-37(34)50-35-20-8-4-16-30(35)31-24-25-39-40(42(31)50)32-17-5-9-21-36(32)49(39)29-15-12-26-45-27-29/h1-27H. The zero-order valence-electron chi connectivity index (χ0n) is 27.2. The molecule has 5 heterocycles. The van der Waals surface area contributed by atoms with E-state index in [1.165, 1.54) is 21.5 Å². The Balaban J connectivity index is 1.23. The smallest absolute Gasteiger partial charge is 0.253 e. The van der Waals surface area contributed by atoms with Crippen LogP contribution in [0.25, 0.3) is 94.3 Å². The number of hydrogen-bond acceptors (Lipinski definition) is 4. The molecule has 0 aliphatic carbocycles. The fourth-order valence-corrected chi connectivity index (χ4v) is 7.87. The molecular weight excluding hydrogens is 627 g/mol. The van der Waals surface area contributed by atoms with Gasteiger partial charge in [0.1, 0.15) is 0 Å². The van der Waals surface area contributed by atoms with Crippen LogP contribution < -0.4 is 0 Å². The van der Waals surface area contributed by atoms with Crippen molar-refractivity contribution < 1.29 is 0 Å². The Labute approximate surface area is 291 Å². The van der Waals surface area contributed by atoms with Crippen molar-refractivity contribution in [3.05, 3.63) is 164 Å². The Morgan fingerprint density at radius 2 is 1.18 bits per heavy atom. The van der Waals surface area contributed by atoms with Crippen molar-refractivity contribution in [2.75, 3.05) is 0 Å². The first-order valence-corrected chi connectivity index (χ1v) is 17.0. The lowest BCUT2D eigenvalue weighted by Gasteiger charge is -2.13. The third kappa shape index (κ3) is 4.00.